The van der Waals surface area contributed by atoms with Crippen molar-refractivity contribution in [2.45, 2.75) is 39.6 Å². The first-order chi connectivity index (χ1) is 13.2. The van der Waals surface area contributed by atoms with Crippen LogP contribution in [-0.2, 0) is 4.74 Å². The van der Waals surface area contributed by atoms with Crippen molar-refractivity contribution in [3.8, 4) is 6.07 Å². The van der Waals surface area contributed by atoms with Crippen LogP contribution >= 0.6 is 11.8 Å². The summed E-state index contributed by atoms with van der Waals surface area (Å²) in [7, 11) is 0. The summed E-state index contributed by atoms with van der Waals surface area (Å²) < 4.78 is 5.04. The number of Topliss-reactive ketones (excluding diaryl/α,β-unsaturated/α-hetero) is 2. The van der Waals surface area contributed by atoms with Gasteiger partial charge >= 0.3 is 5.97 Å². The summed E-state index contributed by atoms with van der Waals surface area (Å²) in [5.41, 5.74) is 2.97. The molecule has 0 aromatic carbocycles. The van der Waals surface area contributed by atoms with Gasteiger partial charge in [0.05, 0.1) is 29.2 Å². The van der Waals surface area contributed by atoms with Gasteiger partial charge in [-0.25, -0.2) is 9.78 Å². The average molecular weight is 399 g/mol. The number of rotatable bonds is 7. The van der Waals surface area contributed by atoms with E-state index < -0.39 is 5.97 Å². The molecule has 146 valence electrons. The summed E-state index contributed by atoms with van der Waals surface area (Å²) in [5, 5.41) is 9.73. The van der Waals surface area contributed by atoms with Crippen molar-refractivity contribution < 1.29 is 19.1 Å². The van der Waals surface area contributed by atoms with Crippen LogP contribution in [0.2, 0.25) is 0 Å². The number of nitriles is 1. The van der Waals surface area contributed by atoms with Gasteiger partial charge in [0.2, 0.25) is 0 Å². The largest absolute Gasteiger partial charge is 0.462 e. The maximum absolute atomic E-state index is 12.7. The summed E-state index contributed by atoms with van der Waals surface area (Å²) in [6.07, 6.45) is 0. The SMILES string of the molecule is CCOC(=O)c1c(C)[nH]c(C(=O)CSc2nc(C)c(C(C)=O)cc2C#N)c1C. The first-order valence-corrected chi connectivity index (χ1v) is 9.64. The highest BCUT2D eigenvalue weighted by atomic mass is 32.2. The fourth-order valence-electron chi connectivity index (χ4n) is 2.87. The molecular formula is C20H21N3O4S. The van der Waals surface area contributed by atoms with Crippen LogP contribution in [0.25, 0.3) is 0 Å². The number of ether oxygens (including phenoxy) is 1. The van der Waals surface area contributed by atoms with Crippen molar-refractivity contribution in [1.82, 2.24) is 9.97 Å². The first kappa shape index (κ1) is 21.4. The van der Waals surface area contributed by atoms with Crippen LogP contribution in [0.3, 0.4) is 0 Å². The van der Waals surface area contributed by atoms with Gasteiger partial charge in [-0.2, -0.15) is 5.26 Å². The van der Waals surface area contributed by atoms with Gasteiger partial charge in [0.25, 0.3) is 0 Å². The second kappa shape index (κ2) is 8.85. The van der Waals surface area contributed by atoms with Crippen LogP contribution in [0.15, 0.2) is 11.1 Å². The molecule has 0 spiro atoms. The van der Waals surface area contributed by atoms with Crippen LogP contribution in [0.4, 0.5) is 0 Å². The second-order valence-electron chi connectivity index (χ2n) is 6.20. The van der Waals surface area contributed by atoms with Gasteiger partial charge in [0.1, 0.15) is 11.1 Å². The van der Waals surface area contributed by atoms with E-state index in [-0.39, 0.29) is 29.5 Å². The molecule has 0 saturated carbocycles. The summed E-state index contributed by atoms with van der Waals surface area (Å²) in [6, 6.07) is 3.52. The Balaban J connectivity index is 2.25. The molecule has 1 N–H and O–H groups in total. The Hall–Kier alpha value is -2.92. The number of nitrogens with zero attached hydrogens (tertiary/aromatic N) is 2. The molecule has 0 bridgehead atoms. The van der Waals surface area contributed by atoms with Crippen molar-refractivity contribution in [3.63, 3.8) is 0 Å². The molecule has 0 atom stereocenters. The van der Waals surface area contributed by atoms with Gasteiger partial charge in [0, 0.05) is 17.0 Å². The number of carbonyl (C=O) groups is 3. The zero-order chi connectivity index (χ0) is 21.0. The fraction of sp³-hybridized carbons (Fsp3) is 0.350. The molecule has 0 fully saturated rings. The number of esters is 1. The minimum absolute atomic E-state index is 0.0313. The van der Waals surface area contributed by atoms with Crippen LogP contribution < -0.4 is 0 Å². The van der Waals surface area contributed by atoms with Gasteiger partial charge < -0.3 is 9.72 Å². The first-order valence-electron chi connectivity index (χ1n) is 8.66. The van der Waals surface area contributed by atoms with Gasteiger partial charge in [-0.05, 0) is 46.2 Å². The highest BCUT2D eigenvalue weighted by Crippen LogP contribution is 2.26. The average Bonchev–Trinajstić information content (AvgIpc) is 2.94. The van der Waals surface area contributed by atoms with E-state index in [0.717, 1.165) is 11.8 Å². The third kappa shape index (κ3) is 4.31. The van der Waals surface area contributed by atoms with Crippen molar-refractivity contribution in [3.05, 3.63) is 45.4 Å². The molecule has 8 heteroatoms. The van der Waals surface area contributed by atoms with Crippen molar-refractivity contribution in [1.29, 1.82) is 5.26 Å². The van der Waals surface area contributed by atoms with Crippen LogP contribution in [0.1, 0.15) is 67.6 Å². The van der Waals surface area contributed by atoms with E-state index in [1.807, 2.05) is 6.07 Å². The molecule has 2 rings (SSSR count). The number of aryl methyl sites for hydroxylation is 2. The summed E-state index contributed by atoms with van der Waals surface area (Å²) in [4.78, 5) is 43.6. The number of ketones is 2. The molecule has 0 amide bonds. The van der Waals surface area contributed by atoms with Gasteiger partial charge in [-0.1, -0.05) is 11.8 Å². The minimum Gasteiger partial charge on any atom is -0.462 e. The number of aromatic amines is 1. The van der Waals surface area contributed by atoms with Crippen LogP contribution in [0.5, 0.6) is 0 Å². The number of pyridine rings is 1. The normalized spacial score (nSPS) is 10.4. The molecule has 7 nitrogen and oxygen atoms in total. The Labute approximate surface area is 167 Å². The molecule has 0 radical (unpaired) electrons. The highest BCUT2D eigenvalue weighted by molar-refractivity contribution is 8.00. The van der Waals surface area contributed by atoms with Gasteiger partial charge in [-0.15, -0.1) is 0 Å². The lowest BCUT2D eigenvalue weighted by Gasteiger charge is -2.07. The summed E-state index contributed by atoms with van der Waals surface area (Å²) in [5.74, 6) is -0.827. The van der Waals surface area contributed by atoms with E-state index in [1.54, 1.807) is 27.7 Å². The fourth-order valence-corrected chi connectivity index (χ4v) is 3.75. The Kier molecular flexibility index (Phi) is 6.75. The molecular weight excluding hydrogens is 378 g/mol. The molecule has 0 saturated heterocycles. The Bertz CT molecular complexity index is 1000. The van der Waals surface area contributed by atoms with E-state index in [4.69, 9.17) is 4.74 Å². The number of thioether (sulfide) groups is 1. The summed E-state index contributed by atoms with van der Waals surface area (Å²) >= 11 is 1.12. The molecule has 0 aliphatic rings. The topological polar surface area (TPSA) is 113 Å². The second-order valence-corrected chi connectivity index (χ2v) is 7.16. The third-order valence-electron chi connectivity index (χ3n) is 4.21. The number of H-pyrrole nitrogens is 1. The lowest BCUT2D eigenvalue weighted by molar-refractivity contribution is 0.0524. The number of carbonyl (C=O) groups excluding carboxylic acids is 3. The van der Waals surface area contributed by atoms with Crippen LogP contribution in [0, 0.1) is 32.1 Å². The van der Waals surface area contributed by atoms with E-state index in [1.165, 1.54) is 13.0 Å². The molecule has 0 aliphatic carbocycles. The van der Waals surface area contributed by atoms with E-state index >= 15 is 0 Å². The maximum atomic E-state index is 12.7. The molecule has 2 aromatic heterocycles. The molecule has 0 unspecified atom stereocenters. The van der Waals surface area contributed by atoms with Crippen LogP contribution in [-0.4, -0.2) is 39.9 Å². The van der Waals surface area contributed by atoms with Crippen molar-refractivity contribution in [2.75, 3.05) is 12.4 Å². The number of nitrogens with one attached hydrogen (secondary N) is 1. The molecule has 0 aliphatic heterocycles. The number of hydrogen-bond donors (Lipinski definition) is 1. The zero-order valence-corrected chi connectivity index (χ0v) is 17.2. The minimum atomic E-state index is -0.468. The lowest BCUT2D eigenvalue weighted by atomic mass is 10.1. The third-order valence-corrected chi connectivity index (χ3v) is 5.20. The van der Waals surface area contributed by atoms with E-state index in [0.29, 0.717) is 38.8 Å². The molecule has 2 heterocycles. The monoisotopic (exact) mass is 399 g/mol. The lowest BCUT2D eigenvalue weighted by Crippen LogP contribution is -2.09. The predicted molar refractivity (Wildman–Crippen MR) is 105 cm³/mol. The maximum Gasteiger partial charge on any atom is 0.340 e. The Morgan fingerprint density at radius 2 is 1.96 bits per heavy atom. The predicted octanol–water partition coefficient (Wildman–Crippen LogP) is 3.56. The number of hydrogen-bond acceptors (Lipinski definition) is 7. The quantitative estimate of drug-likeness (QED) is 0.430. The molecule has 28 heavy (non-hydrogen) atoms. The Morgan fingerprint density at radius 1 is 1.29 bits per heavy atom. The van der Waals surface area contributed by atoms with Gasteiger partial charge in [0.15, 0.2) is 11.6 Å². The van der Waals surface area contributed by atoms with Crippen molar-refractivity contribution in [2.24, 2.45) is 0 Å². The Morgan fingerprint density at radius 3 is 2.54 bits per heavy atom. The standard InChI is InChI=1S/C20H21N3O4S/c1-6-27-20(26)17-10(2)18(22-12(17)4)16(25)9-28-19-14(8-21)7-15(13(5)24)11(3)23-19/h7,22H,6,9H2,1-5H3. The van der Waals surface area contributed by atoms with E-state index in [9.17, 15) is 19.6 Å². The zero-order valence-electron chi connectivity index (χ0n) is 16.4. The van der Waals surface area contributed by atoms with Gasteiger partial charge in [-0.3, -0.25) is 9.59 Å². The number of aromatic nitrogens is 2. The highest BCUT2D eigenvalue weighted by Gasteiger charge is 2.23. The smallest absolute Gasteiger partial charge is 0.340 e. The van der Waals surface area contributed by atoms with Crippen molar-refractivity contribution >= 4 is 29.3 Å². The van der Waals surface area contributed by atoms with E-state index in [2.05, 4.69) is 9.97 Å². The summed E-state index contributed by atoms with van der Waals surface area (Å²) in [6.45, 7) is 8.48. The molecule has 2 aromatic rings.